The van der Waals surface area contributed by atoms with Crippen molar-refractivity contribution < 1.29 is 4.42 Å². The van der Waals surface area contributed by atoms with Gasteiger partial charge in [-0.15, -0.1) is 0 Å². The lowest BCUT2D eigenvalue weighted by atomic mass is 10.2. The van der Waals surface area contributed by atoms with Crippen molar-refractivity contribution in [3.8, 4) is 0 Å². The zero-order valence-corrected chi connectivity index (χ0v) is 11.2. The van der Waals surface area contributed by atoms with Crippen molar-refractivity contribution >= 4 is 27.7 Å². The van der Waals surface area contributed by atoms with E-state index in [1.54, 1.807) is 6.26 Å². The van der Waals surface area contributed by atoms with E-state index in [1.165, 1.54) is 18.6 Å². The average molecular weight is 290 g/mol. The smallest absolute Gasteiger partial charge is 0.134 e. The van der Waals surface area contributed by atoms with Gasteiger partial charge in [0.2, 0.25) is 0 Å². The average Bonchev–Trinajstić information content (AvgIpc) is 2.84. The topological polar surface area (TPSA) is 25.2 Å². The van der Waals surface area contributed by atoms with Crippen LogP contribution in [0.5, 0.6) is 0 Å². The van der Waals surface area contributed by atoms with Crippen molar-refractivity contribution in [1.82, 2.24) is 5.32 Å². The molecule has 1 aliphatic heterocycles. The zero-order chi connectivity index (χ0) is 10.7. The van der Waals surface area contributed by atoms with Gasteiger partial charge in [0.15, 0.2) is 0 Å². The minimum Gasteiger partial charge on any atom is -0.466 e. The molecule has 1 aliphatic rings. The molecule has 1 fully saturated rings. The standard InChI is InChI=1S/C11H16BrNOS/c1-8(11-10(12)4-5-14-11)13-7-9-3-2-6-15-9/h4-5,8-9,13H,2-3,6-7H2,1H3. The molecule has 2 unspecified atom stereocenters. The lowest BCUT2D eigenvalue weighted by Crippen LogP contribution is -2.26. The maximum atomic E-state index is 5.43. The fourth-order valence-corrected chi connectivity index (χ4v) is 3.58. The van der Waals surface area contributed by atoms with Crippen molar-refractivity contribution in [2.45, 2.75) is 31.1 Å². The first-order chi connectivity index (χ1) is 7.27. The summed E-state index contributed by atoms with van der Waals surface area (Å²) in [6.07, 6.45) is 4.45. The Labute approximate surface area is 103 Å². The van der Waals surface area contributed by atoms with Crippen molar-refractivity contribution in [2.24, 2.45) is 0 Å². The minimum atomic E-state index is 0.288. The first-order valence-electron chi connectivity index (χ1n) is 5.35. The third-order valence-corrected chi connectivity index (χ3v) is 4.77. The summed E-state index contributed by atoms with van der Waals surface area (Å²) in [5.74, 6) is 2.32. The number of thioether (sulfide) groups is 1. The Hall–Kier alpha value is 0.0700. The normalized spacial score (nSPS) is 23.2. The summed E-state index contributed by atoms with van der Waals surface area (Å²) in [6, 6.07) is 2.23. The van der Waals surface area contributed by atoms with Crippen LogP contribution in [0, 0.1) is 0 Å². The highest BCUT2D eigenvalue weighted by Crippen LogP contribution is 2.27. The summed E-state index contributed by atoms with van der Waals surface area (Å²) in [6.45, 7) is 3.22. The van der Waals surface area contributed by atoms with Crippen LogP contribution in [0.15, 0.2) is 21.2 Å². The van der Waals surface area contributed by atoms with Gasteiger partial charge in [-0.25, -0.2) is 0 Å². The molecule has 0 aliphatic carbocycles. The molecule has 2 rings (SSSR count). The van der Waals surface area contributed by atoms with Crippen molar-refractivity contribution in [2.75, 3.05) is 12.3 Å². The van der Waals surface area contributed by atoms with E-state index in [4.69, 9.17) is 4.42 Å². The lowest BCUT2D eigenvalue weighted by Gasteiger charge is -2.15. The van der Waals surface area contributed by atoms with Crippen LogP contribution >= 0.6 is 27.7 Å². The maximum Gasteiger partial charge on any atom is 0.134 e. The van der Waals surface area contributed by atoms with Crippen LogP contribution in [0.25, 0.3) is 0 Å². The van der Waals surface area contributed by atoms with Crippen molar-refractivity contribution in [1.29, 1.82) is 0 Å². The molecule has 2 nitrogen and oxygen atoms in total. The summed E-state index contributed by atoms with van der Waals surface area (Å²) in [4.78, 5) is 0. The van der Waals surface area contributed by atoms with Gasteiger partial charge in [-0.3, -0.25) is 0 Å². The second-order valence-electron chi connectivity index (χ2n) is 3.90. The predicted molar refractivity (Wildman–Crippen MR) is 68.3 cm³/mol. The van der Waals surface area contributed by atoms with Gasteiger partial charge in [0, 0.05) is 11.8 Å². The van der Waals surface area contributed by atoms with Crippen LogP contribution in [-0.4, -0.2) is 17.5 Å². The number of rotatable bonds is 4. The van der Waals surface area contributed by atoms with Gasteiger partial charge in [-0.1, -0.05) is 0 Å². The van der Waals surface area contributed by atoms with E-state index in [0.717, 1.165) is 22.0 Å². The maximum absolute atomic E-state index is 5.43. The largest absolute Gasteiger partial charge is 0.466 e. The molecule has 1 aromatic heterocycles. The molecule has 15 heavy (non-hydrogen) atoms. The summed E-state index contributed by atoms with van der Waals surface area (Å²) in [5.41, 5.74) is 0. The Morgan fingerprint density at radius 3 is 3.20 bits per heavy atom. The van der Waals surface area contributed by atoms with E-state index in [0.29, 0.717) is 0 Å². The molecule has 0 saturated carbocycles. The van der Waals surface area contributed by atoms with E-state index >= 15 is 0 Å². The van der Waals surface area contributed by atoms with Gasteiger partial charge in [0.05, 0.1) is 16.8 Å². The third-order valence-electron chi connectivity index (χ3n) is 2.71. The fraction of sp³-hybridized carbons (Fsp3) is 0.636. The second kappa shape index (κ2) is 5.41. The molecule has 0 radical (unpaired) electrons. The molecule has 0 aromatic carbocycles. The van der Waals surface area contributed by atoms with Crippen LogP contribution in [0.3, 0.4) is 0 Å². The Morgan fingerprint density at radius 1 is 1.73 bits per heavy atom. The summed E-state index contributed by atoms with van der Waals surface area (Å²) >= 11 is 5.56. The second-order valence-corrected chi connectivity index (χ2v) is 6.16. The molecule has 1 aromatic rings. The lowest BCUT2D eigenvalue weighted by molar-refractivity contribution is 0.427. The third kappa shape index (κ3) is 3.02. The molecule has 0 spiro atoms. The number of hydrogen-bond acceptors (Lipinski definition) is 3. The predicted octanol–water partition coefficient (Wildman–Crippen LogP) is 3.59. The van der Waals surface area contributed by atoms with Gasteiger partial charge < -0.3 is 9.73 Å². The first kappa shape index (κ1) is 11.6. The highest BCUT2D eigenvalue weighted by molar-refractivity contribution is 9.10. The fourth-order valence-electron chi connectivity index (χ4n) is 1.82. The Bertz CT molecular complexity index is 309. The van der Waals surface area contributed by atoms with Crippen LogP contribution in [0.1, 0.15) is 31.6 Å². The van der Waals surface area contributed by atoms with Gasteiger partial charge in [-0.05, 0) is 47.5 Å². The van der Waals surface area contributed by atoms with E-state index in [-0.39, 0.29) is 6.04 Å². The van der Waals surface area contributed by atoms with Gasteiger partial charge in [-0.2, -0.15) is 11.8 Å². The summed E-state index contributed by atoms with van der Waals surface area (Å²) in [5, 5.41) is 4.32. The van der Waals surface area contributed by atoms with Crippen LogP contribution < -0.4 is 5.32 Å². The minimum absolute atomic E-state index is 0.288. The molecule has 1 N–H and O–H groups in total. The highest BCUT2D eigenvalue weighted by Gasteiger charge is 2.18. The van der Waals surface area contributed by atoms with Crippen LogP contribution in [0.4, 0.5) is 0 Å². The molecule has 84 valence electrons. The van der Waals surface area contributed by atoms with Crippen molar-refractivity contribution in [3.05, 3.63) is 22.6 Å². The Balaban J connectivity index is 1.81. The summed E-state index contributed by atoms with van der Waals surface area (Å²) < 4.78 is 6.48. The van der Waals surface area contributed by atoms with Gasteiger partial charge in [0.25, 0.3) is 0 Å². The van der Waals surface area contributed by atoms with Gasteiger partial charge in [0.1, 0.15) is 5.76 Å². The molecule has 0 bridgehead atoms. The quantitative estimate of drug-likeness (QED) is 0.917. The van der Waals surface area contributed by atoms with E-state index in [2.05, 4.69) is 39.9 Å². The number of nitrogens with one attached hydrogen (secondary N) is 1. The number of furan rings is 1. The molecule has 1 saturated heterocycles. The molecule has 2 heterocycles. The monoisotopic (exact) mass is 289 g/mol. The molecular formula is C11H16BrNOS. The van der Waals surface area contributed by atoms with E-state index < -0.39 is 0 Å². The Morgan fingerprint density at radius 2 is 2.60 bits per heavy atom. The number of halogens is 1. The van der Waals surface area contributed by atoms with E-state index in [1.807, 2.05) is 6.07 Å². The highest BCUT2D eigenvalue weighted by atomic mass is 79.9. The SMILES string of the molecule is CC(NCC1CCCS1)c1occc1Br. The van der Waals surface area contributed by atoms with E-state index in [9.17, 15) is 0 Å². The zero-order valence-electron chi connectivity index (χ0n) is 8.83. The van der Waals surface area contributed by atoms with Crippen molar-refractivity contribution in [3.63, 3.8) is 0 Å². The van der Waals surface area contributed by atoms with Gasteiger partial charge >= 0.3 is 0 Å². The first-order valence-corrected chi connectivity index (χ1v) is 7.19. The summed E-state index contributed by atoms with van der Waals surface area (Å²) in [7, 11) is 0. The molecule has 4 heteroatoms. The molecule has 0 amide bonds. The van der Waals surface area contributed by atoms with Crippen LogP contribution in [0.2, 0.25) is 0 Å². The molecular weight excluding hydrogens is 274 g/mol. The molecule has 2 atom stereocenters. The van der Waals surface area contributed by atoms with Crippen LogP contribution in [-0.2, 0) is 0 Å². The Kier molecular flexibility index (Phi) is 4.17. The number of hydrogen-bond donors (Lipinski definition) is 1.